The molecule has 406 valence electrons. The number of fused-ring (bicyclic) bond motifs is 5. The second-order valence-corrected chi connectivity index (χ2v) is 19.3. The molecule has 8 rings (SSSR count). The first-order valence-corrected chi connectivity index (χ1v) is 25.5. The van der Waals surface area contributed by atoms with Crippen LogP contribution in [0.15, 0.2) is 59.4 Å². The quantitative estimate of drug-likeness (QED) is 0.0231. The first-order valence-electron chi connectivity index (χ1n) is 25.5. The third-order valence-electron chi connectivity index (χ3n) is 14.4. The molecule has 23 heteroatoms. The number of esters is 1. The molecule has 3 atom stereocenters. The maximum atomic E-state index is 15.5. The Morgan fingerprint density at radius 3 is 2.32 bits per heavy atom. The molecule has 4 aliphatic rings. The Labute approximate surface area is 441 Å². The molecule has 3 aliphatic heterocycles. The molecule has 5 heterocycles. The standard InChI is InChI=1S/C54H60FN9O13/c1-4-54(75)36-22-41-50-34(27-64(41)52(73)35(36)28-77-53(54)74)49-40(15-14-33-30(2)37(55)23-38(61-50)48(33)49)62(31(3)65)19-20-76-29-59-44(68)25-58-51(72)39(21-32-11-7-5-8-12-32)60-45(69)26-57-43(67)24-56-42(66)13-9-6-10-18-63-46(70)16-17-47(63)71/h5,7-8,11-12,16-17,22-23,39-40,75H,4,6,9-10,13-15,18-21,24-29H2,1-3H3,(H,56,66)(H,57,67)(H,58,72)(H,59,68)(H,60,69)/t39-,40-,54-/m0/s1. The number of hydrogen-bond donors (Lipinski definition) is 6. The summed E-state index contributed by atoms with van der Waals surface area (Å²) in [5.41, 5.74) is 2.02. The number of aliphatic hydroxyl groups is 1. The van der Waals surface area contributed by atoms with E-state index in [-0.39, 0.29) is 87.7 Å². The third-order valence-corrected chi connectivity index (χ3v) is 14.4. The van der Waals surface area contributed by atoms with E-state index in [4.69, 9.17) is 14.5 Å². The number of carbonyl (C=O) groups is 9. The normalized spacial score (nSPS) is 17.2. The molecule has 8 amide bonds. The molecule has 4 aromatic rings. The summed E-state index contributed by atoms with van der Waals surface area (Å²) in [4.78, 5) is 135. The zero-order chi connectivity index (χ0) is 55.1. The highest BCUT2D eigenvalue weighted by Crippen LogP contribution is 2.47. The lowest BCUT2D eigenvalue weighted by molar-refractivity contribution is -0.172. The molecular weight excluding hydrogens is 1000 g/mol. The largest absolute Gasteiger partial charge is 0.458 e. The van der Waals surface area contributed by atoms with Gasteiger partial charge in [-0.1, -0.05) is 43.7 Å². The molecule has 0 bridgehead atoms. The fourth-order valence-electron chi connectivity index (χ4n) is 10.3. The minimum atomic E-state index is -2.06. The first-order chi connectivity index (χ1) is 36.9. The number of ether oxygens (including phenoxy) is 2. The Kier molecular flexibility index (Phi) is 17.0. The molecule has 0 radical (unpaired) electrons. The fourth-order valence-corrected chi connectivity index (χ4v) is 10.3. The third kappa shape index (κ3) is 11.9. The van der Waals surface area contributed by atoms with Crippen molar-refractivity contribution in [2.24, 2.45) is 0 Å². The van der Waals surface area contributed by atoms with E-state index in [1.807, 2.05) is 0 Å². The van der Waals surface area contributed by atoms with Crippen molar-refractivity contribution in [3.8, 4) is 11.4 Å². The SMILES string of the molecule is CC[C@@]1(O)C(=O)OCc2c1cc1n(c2=O)Cc2c-1nc1cc(F)c(C)c3c1c2[C@@H](N(CCOCNC(=O)CNC(=O)[C@H](Cc1ccccc1)NC(=O)CNC(=O)CNC(=O)CCCCCN1C(=O)C=CC1=O)C(C)=O)CC3. The van der Waals surface area contributed by atoms with Crippen molar-refractivity contribution in [2.45, 2.75) is 103 Å². The second kappa shape index (κ2) is 23.8. The number of carbonyl (C=O) groups excluding carboxylic acids is 9. The van der Waals surface area contributed by atoms with E-state index in [0.29, 0.717) is 76.6 Å². The van der Waals surface area contributed by atoms with Crippen LogP contribution in [0.3, 0.4) is 0 Å². The lowest BCUT2D eigenvalue weighted by Gasteiger charge is -2.37. The Hall–Kier alpha value is -8.18. The molecule has 22 nitrogen and oxygen atoms in total. The summed E-state index contributed by atoms with van der Waals surface area (Å²) in [5, 5.41) is 24.6. The van der Waals surface area contributed by atoms with Gasteiger partial charge >= 0.3 is 5.97 Å². The number of halogens is 1. The van der Waals surface area contributed by atoms with Gasteiger partial charge in [-0.2, -0.15) is 0 Å². The van der Waals surface area contributed by atoms with Crippen LogP contribution in [-0.2, 0) is 84.2 Å². The Morgan fingerprint density at radius 2 is 1.60 bits per heavy atom. The number of pyridine rings is 2. The number of nitrogens with zero attached hydrogens (tertiary/aromatic N) is 4. The molecule has 0 spiro atoms. The van der Waals surface area contributed by atoms with Gasteiger partial charge in [-0.25, -0.2) is 14.2 Å². The van der Waals surface area contributed by atoms with Crippen molar-refractivity contribution >= 4 is 64.1 Å². The average molecular weight is 1060 g/mol. The number of unbranched alkanes of at least 4 members (excludes halogenated alkanes) is 2. The second-order valence-electron chi connectivity index (χ2n) is 19.3. The number of nitrogens with one attached hydrogen (secondary N) is 5. The zero-order valence-electron chi connectivity index (χ0n) is 42.9. The molecule has 0 saturated carbocycles. The summed E-state index contributed by atoms with van der Waals surface area (Å²) in [6.45, 7) is 3.02. The van der Waals surface area contributed by atoms with Crippen LogP contribution >= 0.6 is 0 Å². The van der Waals surface area contributed by atoms with Crippen molar-refractivity contribution in [1.29, 1.82) is 0 Å². The fraction of sp³-hybridized carbons (Fsp3) is 0.426. The summed E-state index contributed by atoms with van der Waals surface area (Å²) in [6, 6.07) is 9.99. The van der Waals surface area contributed by atoms with Gasteiger partial charge in [0.15, 0.2) is 5.60 Å². The number of aromatic nitrogens is 2. The smallest absolute Gasteiger partial charge is 0.343 e. The van der Waals surface area contributed by atoms with E-state index >= 15 is 4.39 Å². The van der Waals surface area contributed by atoms with Crippen LogP contribution < -0.4 is 32.1 Å². The van der Waals surface area contributed by atoms with E-state index < -0.39 is 84.2 Å². The summed E-state index contributed by atoms with van der Waals surface area (Å²) in [7, 11) is 0. The zero-order valence-corrected chi connectivity index (χ0v) is 42.9. The summed E-state index contributed by atoms with van der Waals surface area (Å²) >= 11 is 0. The van der Waals surface area contributed by atoms with Gasteiger partial charge in [-0.05, 0) is 67.3 Å². The predicted octanol–water partition coefficient (Wildman–Crippen LogP) is 1.01. The van der Waals surface area contributed by atoms with Crippen molar-refractivity contribution < 1.29 is 62.1 Å². The van der Waals surface area contributed by atoms with Gasteiger partial charge in [0.2, 0.25) is 35.4 Å². The molecule has 1 aliphatic carbocycles. The van der Waals surface area contributed by atoms with Gasteiger partial charge in [-0.15, -0.1) is 0 Å². The van der Waals surface area contributed by atoms with E-state index in [1.54, 1.807) is 55.1 Å². The number of hydrogen-bond acceptors (Lipinski definition) is 14. The van der Waals surface area contributed by atoms with Crippen LogP contribution in [-0.4, -0.2) is 130 Å². The van der Waals surface area contributed by atoms with Gasteiger partial charge in [0.25, 0.3) is 17.4 Å². The van der Waals surface area contributed by atoms with Crippen LogP contribution in [0.5, 0.6) is 0 Å². The molecule has 0 saturated heterocycles. The van der Waals surface area contributed by atoms with E-state index in [0.717, 1.165) is 10.5 Å². The van der Waals surface area contributed by atoms with Crippen molar-refractivity contribution in [3.63, 3.8) is 0 Å². The van der Waals surface area contributed by atoms with Gasteiger partial charge < -0.3 is 50.6 Å². The highest BCUT2D eigenvalue weighted by atomic mass is 19.1. The molecule has 2 aromatic carbocycles. The minimum Gasteiger partial charge on any atom is -0.458 e. The van der Waals surface area contributed by atoms with Crippen LogP contribution in [0, 0.1) is 12.7 Å². The van der Waals surface area contributed by atoms with E-state index in [2.05, 4.69) is 26.6 Å². The van der Waals surface area contributed by atoms with E-state index in [1.165, 1.54) is 29.7 Å². The van der Waals surface area contributed by atoms with Crippen LogP contribution in [0.1, 0.15) is 97.4 Å². The van der Waals surface area contributed by atoms with E-state index in [9.17, 15) is 53.1 Å². The van der Waals surface area contributed by atoms with Gasteiger partial charge in [0.05, 0.1) is 61.3 Å². The van der Waals surface area contributed by atoms with Crippen LogP contribution in [0.4, 0.5) is 4.39 Å². The lowest BCUT2D eigenvalue weighted by Crippen LogP contribution is -2.52. The Bertz CT molecular complexity index is 3140. The van der Waals surface area contributed by atoms with Gasteiger partial charge in [0.1, 0.15) is 25.2 Å². The van der Waals surface area contributed by atoms with Crippen molar-refractivity contribution in [1.82, 2.24) is 45.9 Å². The van der Waals surface area contributed by atoms with Crippen molar-refractivity contribution in [2.75, 3.05) is 46.1 Å². The number of rotatable bonds is 23. The molecule has 0 fully saturated rings. The van der Waals surface area contributed by atoms with Crippen LogP contribution in [0.2, 0.25) is 0 Å². The molecule has 0 unspecified atom stereocenters. The summed E-state index contributed by atoms with van der Waals surface area (Å²) in [6.07, 6.45) is 4.90. The summed E-state index contributed by atoms with van der Waals surface area (Å²) in [5.74, 6) is -5.43. The predicted molar refractivity (Wildman–Crippen MR) is 272 cm³/mol. The maximum absolute atomic E-state index is 15.5. The number of cyclic esters (lactones) is 1. The first kappa shape index (κ1) is 55.1. The summed E-state index contributed by atoms with van der Waals surface area (Å²) < 4.78 is 28.0. The number of imide groups is 1. The average Bonchev–Trinajstić information content (AvgIpc) is 4.22. The monoisotopic (exact) mass is 1060 g/mol. The van der Waals surface area contributed by atoms with Crippen LogP contribution in [0.25, 0.3) is 22.3 Å². The number of benzene rings is 2. The lowest BCUT2D eigenvalue weighted by atomic mass is 9.81. The minimum absolute atomic E-state index is 0.0360. The maximum Gasteiger partial charge on any atom is 0.343 e. The molecule has 6 N–H and O–H groups in total. The Balaban J connectivity index is 0.828. The molecule has 77 heavy (non-hydrogen) atoms. The Morgan fingerprint density at radius 1 is 0.896 bits per heavy atom. The van der Waals surface area contributed by atoms with Gasteiger partial charge in [-0.3, -0.25) is 48.1 Å². The highest BCUT2D eigenvalue weighted by Gasteiger charge is 2.46. The molecular formula is C54H60FN9O13. The highest BCUT2D eigenvalue weighted by molar-refractivity contribution is 6.12. The van der Waals surface area contributed by atoms with Gasteiger partial charge in [0, 0.05) is 67.6 Å². The van der Waals surface area contributed by atoms with Crippen molar-refractivity contribution in [3.05, 3.63) is 110 Å². The topological polar surface area (TPSA) is 294 Å². The molecule has 2 aromatic heterocycles. The number of amides is 8. The number of aryl methyl sites for hydroxylation is 1.